The molecule has 0 spiro atoms. The van der Waals surface area contributed by atoms with Gasteiger partial charge in [-0.15, -0.1) is 24.0 Å². The summed E-state index contributed by atoms with van der Waals surface area (Å²) in [5, 5.41) is 11.2. The Labute approximate surface area is 197 Å². The number of aliphatic imine (C=N–C) groups is 1. The van der Waals surface area contributed by atoms with Gasteiger partial charge in [0.2, 0.25) is 0 Å². The van der Waals surface area contributed by atoms with Crippen LogP contribution in [0, 0.1) is 0 Å². The average molecular weight is 526 g/mol. The van der Waals surface area contributed by atoms with Crippen molar-refractivity contribution in [3.8, 4) is 5.75 Å². The number of benzene rings is 1. The Kier molecular flexibility index (Phi) is 11.0. The van der Waals surface area contributed by atoms with Gasteiger partial charge < -0.3 is 15.4 Å². The van der Waals surface area contributed by atoms with Crippen molar-refractivity contribution in [2.24, 2.45) is 4.99 Å². The highest BCUT2D eigenvalue weighted by Gasteiger charge is 2.25. The second-order valence-corrected chi connectivity index (χ2v) is 7.36. The number of aryl methyl sites for hydroxylation is 1. The van der Waals surface area contributed by atoms with Gasteiger partial charge in [-0.1, -0.05) is 24.6 Å². The number of para-hydroxylation sites is 1. The normalized spacial score (nSPS) is 15.9. The van der Waals surface area contributed by atoms with Gasteiger partial charge in [0, 0.05) is 44.6 Å². The summed E-state index contributed by atoms with van der Waals surface area (Å²) in [6, 6.07) is 10.6. The Balaban J connectivity index is 0.00000320. The second kappa shape index (κ2) is 13.5. The Morgan fingerprint density at radius 2 is 1.97 bits per heavy atom. The van der Waals surface area contributed by atoms with Crippen molar-refractivity contribution < 1.29 is 4.74 Å². The minimum absolute atomic E-state index is 0. The van der Waals surface area contributed by atoms with Gasteiger partial charge >= 0.3 is 0 Å². The lowest BCUT2D eigenvalue weighted by atomic mass is 10.0. The van der Waals surface area contributed by atoms with Crippen molar-refractivity contribution in [1.29, 1.82) is 0 Å². The molecule has 1 aliphatic rings. The Morgan fingerprint density at radius 3 is 2.67 bits per heavy atom. The smallest absolute Gasteiger partial charge is 0.191 e. The quantitative estimate of drug-likeness (QED) is 0.227. The number of aromatic nitrogens is 2. The molecule has 0 bridgehead atoms. The predicted molar refractivity (Wildman–Crippen MR) is 133 cm³/mol. The molecular formula is C22H35IN6O. The molecule has 0 radical (unpaired) electrons. The van der Waals surface area contributed by atoms with Crippen molar-refractivity contribution in [3.05, 3.63) is 48.3 Å². The molecule has 2 aromatic rings. The summed E-state index contributed by atoms with van der Waals surface area (Å²) in [7, 11) is 3.57. The molecule has 2 N–H and O–H groups in total. The molecular weight excluding hydrogens is 491 g/mol. The number of likely N-dealkylation sites (tertiary alicyclic amines) is 1. The first-order valence-electron chi connectivity index (χ1n) is 10.6. The monoisotopic (exact) mass is 526 g/mol. The fourth-order valence-corrected chi connectivity index (χ4v) is 3.90. The summed E-state index contributed by atoms with van der Waals surface area (Å²) in [5.74, 6) is 1.79. The van der Waals surface area contributed by atoms with E-state index in [-0.39, 0.29) is 30.0 Å². The predicted octanol–water partition coefficient (Wildman–Crippen LogP) is 3.29. The number of piperidine rings is 1. The van der Waals surface area contributed by atoms with E-state index in [1.165, 1.54) is 24.8 Å². The maximum absolute atomic E-state index is 5.66. The van der Waals surface area contributed by atoms with Gasteiger partial charge in [-0.2, -0.15) is 5.10 Å². The third kappa shape index (κ3) is 7.16. The molecule has 1 aliphatic heterocycles. The molecule has 0 aliphatic carbocycles. The van der Waals surface area contributed by atoms with Gasteiger partial charge in [0.05, 0.1) is 13.2 Å². The van der Waals surface area contributed by atoms with Gasteiger partial charge in [-0.3, -0.25) is 14.6 Å². The van der Waals surface area contributed by atoms with Crippen molar-refractivity contribution in [3.63, 3.8) is 0 Å². The summed E-state index contributed by atoms with van der Waals surface area (Å²) < 4.78 is 7.61. The SMILES string of the molecule is CN=C(NCCCn1cccn1)NCC(c1ccccc1OC)N1CCCCC1.I. The third-order valence-corrected chi connectivity index (χ3v) is 5.43. The van der Waals surface area contributed by atoms with Crippen molar-refractivity contribution >= 4 is 29.9 Å². The summed E-state index contributed by atoms with van der Waals surface area (Å²) >= 11 is 0. The van der Waals surface area contributed by atoms with Crippen molar-refractivity contribution in [1.82, 2.24) is 25.3 Å². The number of hydrogen-bond acceptors (Lipinski definition) is 4. The Bertz CT molecular complexity index is 746. The molecule has 8 heteroatoms. The lowest BCUT2D eigenvalue weighted by molar-refractivity contribution is 0.161. The van der Waals surface area contributed by atoms with Gasteiger partial charge in [0.1, 0.15) is 5.75 Å². The number of nitrogens with zero attached hydrogens (tertiary/aromatic N) is 4. The molecule has 166 valence electrons. The van der Waals surface area contributed by atoms with Crippen LogP contribution in [0.25, 0.3) is 0 Å². The van der Waals surface area contributed by atoms with Gasteiger partial charge in [-0.25, -0.2) is 0 Å². The van der Waals surface area contributed by atoms with E-state index >= 15 is 0 Å². The number of methoxy groups -OCH3 is 1. The lowest BCUT2D eigenvalue weighted by Gasteiger charge is -2.35. The molecule has 1 aromatic carbocycles. The van der Waals surface area contributed by atoms with E-state index in [2.05, 4.69) is 43.8 Å². The Morgan fingerprint density at radius 1 is 1.17 bits per heavy atom. The number of ether oxygens (including phenoxy) is 1. The molecule has 1 saturated heterocycles. The summed E-state index contributed by atoms with van der Waals surface area (Å²) in [6.07, 6.45) is 8.63. The number of halogens is 1. The van der Waals surface area contributed by atoms with Gasteiger partial charge in [-0.05, 0) is 44.5 Å². The highest BCUT2D eigenvalue weighted by atomic mass is 127. The zero-order chi connectivity index (χ0) is 20.3. The first kappa shape index (κ1) is 24.5. The molecule has 0 saturated carbocycles. The molecule has 1 fully saturated rings. The van der Waals surface area contributed by atoms with E-state index in [9.17, 15) is 0 Å². The molecule has 1 aromatic heterocycles. The topological polar surface area (TPSA) is 66.7 Å². The van der Waals surface area contributed by atoms with Crippen molar-refractivity contribution in [2.75, 3.05) is 40.3 Å². The van der Waals surface area contributed by atoms with E-state index in [1.807, 2.05) is 36.3 Å². The maximum Gasteiger partial charge on any atom is 0.191 e. The molecule has 2 heterocycles. The first-order valence-corrected chi connectivity index (χ1v) is 10.6. The van der Waals surface area contributed by atoms with Crippen LogP contribution in [-0.2, 0) is 6.54 Å². The largest absolute Gasteiger partial charge is 0.496 e. The molecule has 0 amide bonds. The minimum atomic E-state index is 0. The summed E-state index contributed by atoms with van der Waals surface area (Å²) in [6.45, 7) is 4.79. The Hall–Kier alpha value is -1.81. The van der Waals surface area contributed by atoms with Crippen LogP contribution in [0.1, 0.15) is 37.3 Å². The van der Waals surface area contributed by atoms with Gasteiger partial charge in [0.15, 0.2) is 5.96 Å². The fourth-order valence-electron chi connectivity index (χ4n) is 3.90. The summed E-state index contributed by atoms with van der Waals surface area (Å²) in [4.78, 5) is 6.97. The van der Waals surface area contributed by atoms with E-state index in [1.54, 1.807) is 7.11 Å². The zero-order valence-electron chi connectivity index (χ0n) is 18.1. The van der Waals surface area contributed by atoms with Crippen LogP contribution in [0.4, 0.5) is 0 Å². The number of nitrogens with one attached hydrogen (secondary N) is 2. The van der Waals surface area contributed by atoms with Crippen LogP contribution in [0.15, 0.2) is 47.7 Å². The number of hydrogen-bond donors (Lipinski definition) is 2. The van der Waals surface area contributed by atoms with Crippen LogP contribution in [0.3, 0.4) is 0 Å². The lowest BCUT2D eigenvalue weighted by Crippen LogP contribution is -2.44. The third-order valence-electron chi connectivity index (χ3n) is 5.43. The number of rotatable bonds is 9. The first-order chi connectivity index (χ1) is 14.3. The van der Waals surface area contributed by atoms with Crippen LogP contribution in [0.5, 0.6) is 5.75 Å². The van der Waals surface area contributed by atoms with E-state index in [0.717, 1.165) is 50.9 Å². The van der Waals surface area contributed by atoms with Crippen molar-refractivity contribution in [2.45, 2.75) is 38.3 Å². The molecule has 3 rings (SSSR count). The van der Waals surface area contributed by atoms with E-state index in [0.29, 0.717) is 0 Å². The van der Waals surface area contributed by atoms with Crippen LogP contribution < -0.4 is 15.4 Å². The fraction of sp³-hybridized carbons (Fsp3) is 0.545. The standard InChI is InChI=1S/C22H34N6O.HI/c1-23-22(24-12-8-16-28-17-9-13-26-28)25-18-20(27-14-6-3-7-15-27)19-10-4-5-11-21(19)29-2;/h4-5,9-11,13,17,20H,3,6-8,12,14-16,18H2,1-2H3,(H2,23,24,25);1H. The van der Waals surface area contributed by atoms with Gasteiger partial charge in [0.25, 0.3) is 0 Å². The highest BCUT2D eigenvalue weighted by Crippen LogP contribution is 2.30. The average Bonchev–Trinajstić information content (AvgIpc) is 3.30. The minimum Gasteiger partial charge on any atom is -0.496 e. The van der Waals surface area contributed by atoms with E-state index in [4.69, 9.17) is 4.74 Å². The molecule has 30 heavy (non-hydrogen) atoms. The number of guanidine groups is 1. The van der Waals surface area contributed by atoms with Crippen LogP contribution in [0.2, 0.25) is 0 Å². The second-order valence-electron chi connectivity index (χ2n) is 7.36. The maximum atomic E-state index is 5.66. The highest BCUT2D eigenvalue weighted by molar-refractivity contribution is 14.0. The summed E-state index contributed by atoms with van der Waals surface area (Å²) in [5.41, 5.74) is 1.23. The van der Waals surface area contributed by atoms with E-state index < -0.39 is 0 Å². The zero-order valence-corrected chi connectivity index (χ0v) is 20.4. The van der Waals surface area contributed by atoms with Crippen LogP contribution in [-0.4, -0.2) is 61.0 Å². The van der Waals surface area contributed by atoms with Crippen LogP contribution >= 0.6 is 24.0 Å². The molecule has 1 unspecified atom stereocenters. The molecule has 1 atom stereocenters. The molecule has 7 nitrogen and oxygen atoms in total.